The van der Waals surface area contributed by atoms with E-state index in [1.165, 1.54) is 19.2 Å². The van der Waals surface area contributed by atoms with Gasteiger partial charge in [0.15, 0.2) is 11.6 Å². The molecule has 45 heavy (non-hydrogen) atoms. The number of benzene rings is 1. The van der Waals surface area contributed by atoms with E-state index in [2.05, 4.69) is 21.5 Å². The maximum atomic E-state index is 15.9. The number of hydrogen-bond donors (Lipinski definition) is 1. The summed E-state index contributed by atoms with van der Waals surface area (Å²) >= 11 is 0. The predicted octanol–water partition coefficient (Wildman–Crippen LogP) is 5.66. The van der Waals surface area contributed by atoms with Gasteiger partial charge in [0.1, 0.15) is 23.1 Å². The number of phenols is 1. The van der Waals surface area contributed by atoms with Gasteiger partial charge in [-0.25, -0.2) is 13.8 Å². The number of alkyl halides is 3. The maximum Gasteiger partial charge on any atom is 0.418 e. The fraction of sp³-hybridized carbons (Fsp3) is 0.323. The van der Waals surface area contributed by atoms with Crippen molar-refractivity contribution < 1.29 is 36.6 Å². The average Bonchev–Trinajstić information content (AvgIpc) is 2.99. The standard InChI is InChI=1S/C31H31F5N6O3/c1-6-24(45)40-12-13-41(18(4)15-40)29(37-5)19-14-22(33)27(25-21(32)8-7-9-23(25)44)39-30(19)42(16-43)28-20(31(34,35)36)10-11-38-26(28)17(2)3/h6-11,14,16-18,44H,1,12-13,15H2,2-5H3. The van der Waals surface area contributed by atoms with E-state index >= 15 is 4.39 Å². The summed E-state index contributed by atoms with van der Waals surface area (Å²) in [6.07, 6.45) is -2.71. The summed E-state index contributed by atoms with van der Waals surface area (Å²) in [5, 5.41) is 10.4. The molecule has 0 bridgehead atoms. The summed E-state index contributed by atoms with van der Waals surface area (Å²) in [5.41, 5.74) is -3.55. The van der Waals surface area contributed by atoms with Gasteiger partial charge in [-0.2, -0.15) is 13.2 Å². The number of amides is 2. The van der Waals surface area contributed by atoms with Gasteiger partial charge >= 0.3 is 6.18 Å². The third-order valence-electron chi connectivity index (χ3n) is 7.40. The van der Waals surface area contributed by atoms with E-state index in [0.29, 0.717) is 11.0 Å². The molecule has 2 aromatic heterocycles. The second-order valence-corrected chi connectivity index (χ2v) is 10.6. The Labute approximate surface area is 256 Å². The van der Waals surface area contributed by atoms with Crippen LogP contribution in [0.4, 0.5) is 33.5 Å². The van der Waals surface area contributed by atoms with Crippen LogP contribution in [0, 0.1) is 11.6 Å². The second-order valence-electron chi connectivity index (χ2n) is 10.6. The molecule has 1 atom stereocenters. The minimum absolute atomic E-state index is 0.0503. The third kappa shape index (κ3) is 6.35. The van der Waals surface area contributed by atoms with Crippen LogP contribution in [0.2, 0.25) is 0 Å². The molecule has 1 N–H and O–H groups in total. The molecule has 1 fully saturated rings. The number of hydrogen-bond acceptors (Lipinski definition) is 6. The largest absolute Gasteiger partial charge is 0.507 e. The Balaban J connectivity index is 2.04. The van der Waals surface area contributed by atoms with E-state index in [0.717, 1.165) is 24.4 Å². The molecule has 238 valence electrons. The van der Waals surface area contributed by atoms with Crippen LogP contribution in [0.15, 0.2) is 54.2 Å². The van der Waals surface area contributed by atoms with Crippen molar-refractivity contribution in [3.8, 4) is 17.0 Å². The highest BCUT2D eigenvalue weighted by Gasteiger charge is 2.39. The van der Waals surface area contributed by atoms with Gasteiger partial charge in [-0.05, 0) is 43.2 Å². The number of amidine groups is 1. The van der Waals surface area contributed by atoms with E-state index in [1.807, 2.05) is 0 Å². The average molecular weight is 631 g/mol. The SMILES string of the molecule is C=CC(=O)N1CCN(C(=NC)c2cc(F)c(-c3c(O)cccc3F)nc2N(C=O)c2c(C(F)(F)F)ccnc2C(C)C)C(C)C1. The molecular formula is C31H31F5N6O3. The number of carbonyl (C=O) groups excluding carboxylic acids is 2. The lowest BCUT2D eigenvalue weighted by Gasteiger charge is -2.41. The Bertz CT molecular complexity index is 1640. The van der Waals surface area contributed by atoms with E-state index in [4.69, 9.17) is 0 Å². The number of carbonyl (C=O) groups is 2. The molecular weight excluding hydrogens is 599 g/mol. The molecule has 9 nitrogen and oxygen atoms in total. The van der Waals surface area contributed by atoms with Crippen LogP contribution in [0.25, 0.3) is 11.3 Å². The fourth-order valence-corrected chi connectivity index (χ4v) is 5.34. The van der Waals surface area contributed by atoms with E-state index in [1.54, 1.807) is 30.6 Å². The Morgan fingerprint density at radius 3 is 2.47 bits per heavy atom. The lowest BCUT2D eigenvalue weighted by molar-refractivity contribution is -0.137. The number of halogens is 5. The van der Waals surface area contributed by atoms with Gasteiger partial charge in [0.05, 0.1) is 28.1 Å². The minimum atomic E-state index is -4.94. The summed E-state index contributed by atoms with van der Waals surface area (Å²) in [7, 11) is 1.37. The first-order valence-corrected chi connectivity index (χ1v) is 13.9. The summed E-state index contributed by atoms with van der Waals surface area (Å²) in [5.74, 6) is -4.25. The first kappa shape index (κ1) is 33.0. The lowest BCUT2D eigenvalue weighted by atomic mass is 10.0. The Morgan fingerprint density at radius 1 is 1.20 bits per heavy atom. The summed E-state index contributed by atoms with van der Waals surface area (Å²) in [6.45, 7) is 9.05. The molecule has 0 radical (unpaired) electrons. The van der Waals surface area contributed by atoms with Crippen LogP contribution in [0.5, 0.6) is 5.75 Å². The normalized spacial score (nSPS) is 15.8. The van der Waals surface area contributed by atoms with Crippen LogP contribution < -0.4 is 4.90 Å². The molecule has 1 aliphatic rings. The number of phenolic OH excluding ortho intramolecular Hbond substituents is 1. The Hall–Kier alpha value is -4.88. The third-order valence-corrected chi connectivity index (χ3v) is 7.40. The number of aromatic nitrogens is 2. The molecule has 4 rings (SSSR count). The summed E-state index contributed by atoms with van der Waals surface area (Å²) in [6, 6.07) is 4.39. The minimum Gasteiger partial charge on any atom is -0.507 e. The van der Waals surface area contributed by atoms with E-state index in [-0.39, 0.29) is 49.0 Å². The zero-order chi connectivity index (χ0) is 33.2. The first-order valence-electron chi connectivity index (χ1n) is 13.9. The highest BCUT2D eigenvalue weighted by Crippen LogP contribution is 2.44. The van der Waals surface area contributed by atoms with Crippen molar-refractivity contribution in [2.45, 2.75) is 38.9 Å². The molecule has 1 saturated heterocycles. The van der Waals surface area contributed by atoms with Crippen molar-refractivity contribution in [1.29, 1.82) is 0 Å². The summed E-state index contributed by atoms with van der Waals surface area (Å²) < 4.78 is 74.1. The number of rotatable bonds is 7. The number of aliphatic imine (C=N–C) groups is 1. The van der Waals surface area contributed by atoms with Crippen molar-refractivity contribution in [3.05, 3.63) is 77.6 Å². The van der Waals surface area contributed by atoms with Gasteiger partial charge in [-0.15, -0.1) is 0 Å². The number of piperazine rings is 1. The lowest BCUT2D eigenvalue weighted by Crippen LogP contribution is -2.55. The molecule has 1 aromatic carbocycles. The van der Waals surface area contributed by atoms with Gasteiger partial charge in [0.2, 0.25) is 12.3 Å². The molecule has 0 saturated carbocycles. The van der Waals surface area contributed by atoms with Gasteiger partial charge < -0.3 is 14.9 Å². The van der Waals surface area contributed by atoms with E-state index < -0.39 is 63.8 Å². The summed E-state index contributed by atoms with van der Waals surface area (Å²) in [4.78, 5) is 41.6. The van der Waals surface area contributed by atoms with Crippen molar-refractivity contribution in [1.82, 2.24) is 19.8 Å². The van der Waals surface area contributed by atoms with Crippen LogP contribution in [-0.4, -0.2) is 75.8 Å². The van der Waals surface area contributed by atoms with Crippen LogP contribution in [0.1, 0.15) is 43.5 Å². The molecule has 1 unspecified atom stereocenters. The Kier molecular flexibility index (Phi) is 9.54. The highest BCUT2D eigenvalue weighted by atomic mass is 19.4. The number of pyridine rings is 2. The van der Waals surface area contributed by atoms with Crippen LogP contribution in [0.3, 0.4) is 0 Å². The fourth-order valence-electron chi connectivity index (χ4n) is 5.34. The molecule has 0 spiro atoms. The zero-order valence-corrected chi connectivity index (χ0v) is 24.9. The Morgan fingerprint density at radius 2 is 1.91 bits per heavy atom. The monoisotopic (exact) mass is 630 g/mol. The van der Waals surface area contributed by atoms with Gasteiger partial charge in [-0.3, -0.25) is 24.5 Å². The molecule has 2 amide bonds. The topological polar surface area (TPSA) is 102 Å². The highest BCUT2D eigenvalue weighted by molar-refractivity contribution is 6.07. The van der Waals surface area contributed by atoms with Gasteiger partial charge in [0.25, 0.3) is 0 Å². The molecule has 0 aliphatic carbocycles. The first-order chi connectivity index (χ1) is 21.2. The van der Waals surface area contributed by atoms with Crippen molar-refractivity contribution >= 4 is 29.7 Å². The molecule has 14 heteroatoms. The molecule has 3 aromatic rings. The quantitative estimate of drug-likeness (QED) is 0.119. The van der Waals surface area contributed by atoms with E-state index in [9.17, 15) is 32.3 Å². The van der Waals surface area contributed by atoms with Crippen molar-refractivity contribution in [2.75, 3.05) is 31.6 Å². The zero-order valence-electron chi connectivity index (χ0n) is 24.9. The van der Waals surface area contributed by atoms with Crippen LogP contribution >= 0.6 is 0 Å². The van der Waals surface area contributed by atoms with Crippen LogP contribution in [-0.2, 0) is 15.8 Å². The second kappa shape index (κ2) is 13.0. The molecule has 1 aliphatic heterocycles. The van der Waals surface area contributed by atoms with Gasteiger partial charge in [0, 0.05) is 38.9 Å². The van der Waals surface area contributed by atoms with Gasteiger partial charge in [-0.1, -0.05) is 26.5 Å². The number of anilines is 2. The van der Waals surface area contributed by atoms with Crippen molar-refractivity contribution in [2.24, 2.45) is 4.99 Å². The molecule has 3 heterocycles. The van der Waals surface area contributed by atoms with Crippen molar-refractivity contribution in [3.63, 3.8) is 0 Å². The maximum absolute atomic E-state index is 15.9. The smallest absolute Gasteiger partial charge is 0.418 e. The number of aromatic hydroxyl groups is 1. The predicted molar refractivity (Wildman–Crippen MR) is 158 cm³/mol. The number of nitrogens with zero attached hydrogens (tertiary/aromatic N) is 6.